The van der Waals surface area contributed by atoms with E-state index in [-0.39, 0.29) is 29.9 Å². The van der Waals surface area contributed by atoms with Gasteiger partial charge in [-0.15, -0.1) is 0 Å². The zero-order valence-corrected chi connectivity index (χ0v) is 16.6. The van der Waals surface area contributed by atoms with Gasteiger partial charge in [-0.2, -0.15) is 10.4 Å². The molecule has 0 radical (unpaired) electrons. The molecular formula is C22H22FN5O. The van der Waals surface area contributed by atoms with Crippen LogP contribution in [0.3, 0.4) is 0 Å². The number of rotatable bonds is 5. The molecule has 0 bridgehead atoms. The number of hydrogen-bond acceptors (Lipinski definition) is 4. The van der Waals surface area contributed by atoms with Gasteiger partial charge < -0.3 is 5.32 Å². The van der Waals surface area contributed by atoms with Crippen LogP contribution in [-0.4, -0.2) is 20.7 Å². The smallest absolute Gasteiger partial charge is 0.229 e. The van der Waals surface area contributed by atoms with Gasteiger partial charge in [0.2, 0.25) is 5.91 Å². The number of anilines is 1. The van der Waals surface area contributed by atoms with Crippen molar-refractivity contribution in [1.82, 2.24) is 14.8 Å². The Labute approximate surface area is 169 Å². The number of carbonyl (C=O) groups excluding carboxylic acids is 1. The van der Waals surface area contributed by atoms with Gasteiger partial charge in [0.25, 0.3) is 0 Å². The van der Waals surface area contributed by atoms with Gasteiger partial charge in [0, 0.05) is 12.3 Å². The van der Waals surface area contributed by atoms with Gasteiger partial charge in [-0.3, -0.25) is 14.5 Å². The van der Waals surface area contributed by atoms with Gasteiger partial charge in [0.05, 0.1) is 30.4 Å². The Hall–Kier alpha value is -3.53. The number of halogens is 1. The molecule has 2 aromatic heterocycles. The maximum absolute atomic E-state index is 13.4. The predicted octanol–water partition coefficient (Wildman–Crippen LogP) is 3.82. The fourth-order valence-electron chi connectivity index (χ4n) is 2.83. The van der Waals surface area contributed by atoms with E-state index >= 15 is 0 Å². The molecular weight excluding hydrogens is 369 g/mol. The average molecular weight is 391 g/mol. The summed E-state index contributed by atoms with van der Waals surface area (Å²) >= 11 is 0. The van der Waals surface area contributed by atoms with E-state index in [1.54, 1.807) is 23.0 Å². The molecule has 0 fully saturated rings. The van der Waals surface area contributed by atoms with Crippen molar-refractivity contribution in [2.24, 2.45) is 0 Å². The van der Waals surface area contributed by atoms with Crippen molar-refractivity contribution < 1.29 is 9.18 Å². The number of hydrogen-bond donors (Lipinski definition) is 1. The number of nitrogens with zero attached hydrogens (tertiary/aromatic N) is 4. The second kappa shape index (κ2) is 8.23. The molecule has 0 unspecified atom stereocenters. The van der Waals surface area contributed by atoms with Gasteiger partial charge >= 0.3 is 0 Å². The fourth-order valence-corrected chi connectivity index (χ4v) is 2.83. The maximum atomic E-state index is 13.4. The van der Waals surface area contributed by atoms with Gasteiger partial charge in [-0.1, -0.05) is 45.0 Å². The molecule has 0 saturated carbocycles. The molecule has 0 spiro atoms. The quantitative estimate of drug-likeness (QED) is 0.717. The molecule has 1 aromatic carbocycles. The highest BCUT2D eigenvalue weighted by molar-refractivity contribution is 5.91. The Bertz CT molecular complexity index is 1060. The lowest BCUT2D eigenvalue weighted by molar-refractivity contribution is -0.115. The van der Waals surface area contributed by atoms with Crippen LogP contribution in [0.1, 0.15) is 43.2 Å². The van der Waals surface area contributed by atoms with Gasteiger partial charge in [-0.25, -0.2) is 4.39 Å². The Morgan fingerprint density at radius 3 is 2.62 bits per heavy atom. The summed E-state index contributed by atoms with van der Waals surface area (Å²) in [5, 5.41) is 15.9. The van der Waals surface area contributed by atoms with Crippen molar-refractivity contribution in [2.75, 3.05) is 5.32 Å². The van der Waals surface area contributed by atoms with Crippen molar-refractivity contribution in [3.8, 4) is 6.07 Å². The molecule has 3 aromatic rings. The first-order valence-corrected chi connectivity index (χ1v) is 9.22. The van der Waals surface area contributed by atoms with Crippen molar-refractivity contribution in [3.05, 3.63) is 77.0 Å². The summed E-state index contributed by atoms with van der Waals surface area (Å²) in [6.07, 6.45) is 2.96. The van der Waals surface area contributed by atoms with Crippen LogP contribution in [0.2, 0.25) is 0 Å². The molecule has 2 heterocycles. The average Bonchev–Trinajstić information content (AvgIpc) is 3.09. The maximum Gasteiger partial charge on any atom is 0.229 e. The van der Waals surface area contributed by atoms with E-state index < -0.39 is 5.82 Å². The summed E-state index contributed by atoms with van der Waals surface area (Å²) < 4.78 is 14.9. The van der Waals surface area contributed by atoms with Gasteiger partial charge in [0.15, 0.2) is 11.6 Å². The van der Waals surface area contributed by atoms with Crippen LogP contribution in [0, 0.1) is 17.1 Å². The minimum Gasteiger partial charge on any atom is -0.309 e. The topological polar surface area (TPSA) is 83.6 Å². The molecule has 0 aliphatic rings. The standard InChI is InChI=1S/C22H22FN5O/c1-22(2,3)17-6-4-15(5-7-17)10-21(29)26-20-8-9-28(27-20)14-18-11-16(12-24)19(23)13-25-18/h4-9,11,13H,10,14H2,1-3H3,(H,26,27,29). The summed E-state index contributed by atoms with van der Waals surface area (Å²) in [6, 6.07) is 12.9. The van der Waals surface area contributed by atoms with E-state index in [1.807, 2.05) is 24.3 Å². The number of aromatic nitrogens is 3. The molecule has 3 rings (SSSR count). The van der Waals surface area contributed by atoms with Gasteiger partial charge in [-0.05, 0) is 22.6 Å². The van der Waals surface area contributed by atoms with E-state index in [0.717, 1.165) is 11.8 Å². The highest BCUT2D eigenvalue weighted by Crippen LogP contribution is 2.22. The van der Waals surface area contributed by atoms with Crippen LogP contribution in [0.5, 0.6) is 0 Å². The van der Waals surface area contributed by atoms with Crippen LogP contribution < -0.4 is 5.32 Å². The summed E-state index contributed by atoms with van der Waals surface area (Å²) in [6.45, 7) is 6.70. The molecule has 0 saturated heterocycles. The highest BCUT2D eigenvalue weighted by Gasteiger charge is 2.14. The molecule has 7 heteroatoms. The lowest BCUT2D eigenvalue weighted by Crippen LogP contribution is -2.16. The second-order valence-electron chi connectivity index (χ2n) is 7.84. The van der Waals surface area contributed by atoms with Gasteiger partial charge in [0.1, 0.15) is 6.07 Å². The van der Waals surface area contributed by atoms with Crippen LogP contribution in [0.4, 0.5) is 10.2 Å². The fraction of sp³-hybridized carbons (Fsp3) is 0.273. The Balaban J connectivity index is 1.60. The van der Waals surface area contributed by atoms with Crippen LogP contribution in [-0.2, 0) is 23.2 Å². The second-order valence-corrected chi connectivity index (χ2v) is 7.84. The number of nitrogens with one attached hydrogen (secondary N) is 1. The minimum absolute atomic E-state index is 0.0619. The summed E-state index contributed by atoms with van der Waals surface area (Å²) in [5.74, 6) is -0.394. The normalized spacial score (nSPS) is 11.1. The van der Waals surface area contributed by atoms with E-state index in [1.165, 1.54) is 11.6 Å². The lowest BCUT2D eigenvalue weighted by atomic mass is 9.86. The molecule has 0 aliphatic heterocycles. The zero-order chi connectivity index (χ0) is 21.0. The monoisotopic (exact) mass is 391 g/mol. The molecule has 29 heavy (non-hydrogen) atoms. The molecule has 0 aliphatic carbocycles. The number of benzene rings is 1. The third-order valence-corrected chi connectivity index (χ3v) is 4.45. The van der Waals surface area contributed by atoms with E-state index in [0.29, 0.717) is 11.5 Å². The Morgan fingerprint density at radius 2 is 1.97 bits per heavy atom. The number of nitriles is 1. The third kappa shape index (κ3) is 5.26. The van der Waals surface area contributed by atoms with Crippen LogP contribution >= 0.6 is 0 Å². The van der Waals surface area contributed by atoms with Crippen LogP contribution in [0.15, 0.2) is 48.8 Å². The SMILES string of the molecule is CC(C)(C)c1ccc(CC(=O)Nc2ccn(Cc3cc(C#N)c(F)cn3)n2)cc1. The molecule has 1 N–H and O–H groups in total. The Kier molecular flexibility index (Phi) is 5.74. The highest BCUT2D eigenvalue weighted by atomic mass is 19.1. The third-order valence-electron chi connectivity index (χ3n) is 4.45. The zero-order valence-electron chi connectivity index (χ0n) is 16.6. The molecule has 0 atom stereocenters. The molecule has 1 amide bonds. The number of carbonyl (C=O) groups is 1. The van der Waals surface area contributed by atoms with Crippen LogP contribution in [0.25, 0.3) is 0 Å². The van der Waals surface area contributed by atoms with E-state index in [4.69, 9.17) is 5.26 Å². The first-order valence-electron chi connectivity index (χ1n) is 9.22. The first kappa shape index (κ1) is 20.2. The van der Waals surface area contributed by atoms with Crippen molar-refractivity contribution in [2.45, 2.75) is 39.2 Å². The molecule has 6 nitrogen and oxygen atoms in total. The predicted molar refractivity (Wildman–Crippen MR) is 108 cm³/mol. The largest absolute Gasteiger partial charge is 0.309 e. The Morgan fingerprint density at radius 1 is 1.24 bits per heavy atom. The summed E-state index contributed by atoms with van der Waals surface area (Å²) in [5.41, 5.74) is 2.65. The van der Waals surface area contributed by atoms with E-state index in [9.17, 15) is 9.18 Å². The number of pyridine rings is 1. The summed E-state index contributed by atoms with van der Waals surface area (Å²) in [4.78, 5) is 16.3. The van der Waals surface area contributed by atoms with Crippen molar-refractivity contribution >= 4 is 11.7 Å². The number of amides is 1. The minimum atomic E-state index is -0.653. The lowest BCUT2D eigenvalue weighted by Gasteiger charge is -2.19. The first-order chi connectivity index (χ1) is 13.7. The van der Waals surface area contributed by atoms with Crippen molar-refractivity contribution in [3.63, 3.8) is 0 Å². The van der Waals surface area contributed by atoms with E-state index in [2.05, 4.69) is 36.2 Å². The summed E-state index contributed by atoms with van der Waals surface area (Å²) in [7, 11) is 0. The van der Waals surface area contributed by atoms with Crippen molar-refractivity contribution in [1.29, 1.82) is 5.26 Å². The molecule has 148 valence electrons.